The minimum atomic E-state index is -0.590. The number of rotatable bonds is 3. The maximum atomic E-state index is 11.6. The highest BCUT2D eigenvalue weighted by molar-refractivity contribution is 5.28. The lowest BCUT2D eigenvalue weighted by molar-refractivity contribution is -0.403. The first-order valence-electron chi connectivity index (χ1n) is 6.05. The van der Waals surface area contributed by atoms with E-state index in [1.54, 1.807) is 17.7 Å². The van der Waals surface area contributed by atoms with Crippen LogP contribution in [0.15, 0.2) is 28.9 Å². The lowest BCUT2D eigenvalue weighted by atomic mass is 9.91. The fraction of sp³-hybridized carbons (Fsp3) is 0.417. The summed E-state index contributed by atoms with van der Waals surface area (Å²) in [5, 5.41) is 13.3. The molecule has 1 atom stereocenters. The molecule has 1 aliphatic carbocycles. The van der Waals surface area contributed by atoms with Crippen LogP contribution in [0, 0.1) is 10.1 Å². The van der Waals surface area contributed by atoms with Crippen LogP contribution in [0.2, 0.25) is 0 Å². The first kappa shape index (κ1) is 13.1. The van der Waals surface area contributed by atoms with E-state index in [0.29, 0.717) is 0 Å². The normalized spacial score (nSPS) is 18.8. The molecule has 7 heteroatoms. The Balaban J connectivity index is 2.31. The van der Waals surface area contributed by atoms with Crippen LogP contribution in [-0.2, 0) is 13.5 Å². The molecule has 0 radical (unpaired) electrons. The molecule has 0 fully saturated rings. The van der Waals surface area contributed by atoms with Gasteiger partial charge in [-0.25, -0.2) is 0 Å². The second-order valence-electron chi connectivity index (χ2n) is 4.59. The molecule has 1 aromatic heterocycles. The van der Waals surface area contributed by atoms with Gasteiger partial charge in [0.1, 0.15) is 0 Å². The molecule has 1 unspecified atom stereocenters. The molecular weight excluding hydrogens is 248 g/mol. The highest BCUT2D eigenvalue weighted by Crippen LogP contribution is 2.28. The molecule has 102 valence electrons. The van der Waals surface area contributed by atoms with Crippen LogP contribution in [0.25, 0.3) is 0 Å². The van der Waals surface area contributed by atoms with E-state index in [0.717, 1.165) is 36.7 Å². The Labute approximate surface area is 109 Å². The number of aromatic nitrogens is 1. The van der Waals surface area contributed by atoms with Gasteiger partial charge in [-0.2, -0.15) is 0 Å². The Kier molecular flexibility index (Phi) is 3.55. The first-order valence-corrected chi connectivity index (χ1v) is 6.05. The molecule has 1 aromatic rings. The van der Waals surface area contributed by atoms with Crippen molar-refractivity contribution in [1.29, 1.82) is 0 Å². The van der Waals surface area contributed by atoms with E-state index in [1.807, 2.05) is 0 Å². The van der Waals surface area contributed by atoms with E-state index < -0.39 is 4.92 Å². The van der Waals surface area contributed by atoms with Gasteiger partial charge in [0, 0.05) is 18.8 Å². The largest absolute Gasteiger partial charge is 0.380 e. The smallest absolute Gasteiger partial charge is 0.273 e. The van der Waals surface area contributed by atoms with Gasteiger partial charge in [0.05, 0.1) is 11.0 Å². The molecule has 2 rings (SSSR count). The fourth-order valence-electron chi connectivity index (χ4n) is 2.46. The number of nitrogens with zero attached hydrogens (tertiary/aromatic N) is 2. The van der Waals surface area contributed by atoms with Crippen LogP contribution in [0.1, 0.15) is 30.1 Å². The van der Waals surface area contributed by atoms with Gasteiger partial charge in [-0.05, 0) is 30.9 Å². The number of nitrogens with one attached hydrogen (secondary N) is 1. The van der Waals surface area contributed by atoms with E-state index in [9.17, 15) is 14.9 Å². The SMILES string of the molecule is Cn1c2c(ccc1=O)C(N/C(N)=C/[N+](=O)[O-])CCC2. The zero-order valence-corrected chi connectivity index (χ0v) is 10.6. The second-order valence-corrected chi connectivity index (χ2v) is 4.59. The highest BCUT2D eigenvalue weighted by Gasteiger charge is 2.22. The number of hydrogen-bond donors (Lipinski definition) is 2. The Morgan fingerprint density at radius 2 is 2.37 bits per heavy atom. The summed E-state index contributed by atoms with van der Waals surface area (Å²) in [5.41, 5.74) is 7.47. The summed E-state index contributed by atoms with van der Waals surface area (Å²) in [6.07, 6.45) is 3.32. The zero-order chi connectivity index (χ0) is 14.0. The second kappa shape index (κ2) is 5.13. The lowest BCUT2D eigenvalue weighted by Crippen LogP contribution is -2.32. The van der Waals surface area contributed by atoms with E-state index in [1.165, 1.54) is 6.07 Å². The Bertz CT molecular complexity index is 591. The monoisotopic (exact) mass is 264 g/mol. The Morgan fingerprint density at radius 3 is 3.05 bits per heavy atom. The molecule has 0 aliphatic heterocycles. The molecule has 19 heavy (non-hydrogen) atoms. The van der Waals surface area contributed by atoms with Gasteiger partial charge in [0.25, 0.3) is 6.20 Å². The van der Waals surface area contributed by atoms with Gasteiger partial charge < -0.3 is 15.6 Å². The quantitative estimate of drug-likeness (QED) is 0.607. The number of hydrogen-bond acceptors (Lipinski definition) is 5. The van der Waals surface area contributed by atoms with Crippen molar-refractivity contribution in [2.75, 3.05) is 0 Å². The maximum Gasteiger partial charge on any atom is 0.273 e. The minimum Gasteiger partial charge on any atom is -0.380 e. The number of nitro groups is 1. The molecule has 3 N–H and O–H groups in total. The molecule has 0 aromatic carbocycles. The summed E-state index contributed by atoms with van der Waals surface area (Å²) in [7, 11) is 1.74. The van der Waals surface area contributed by atoms with E-state index >= 15 is 0 Å². The Morgan fingerprint density at radius 1 is 1.63 bits per heavy atom. The van der Waals surface area contributed by atoms with Crippen molar-refractivity contribution in [1.82, 2.24) is 9.88 Å². The molecule has 0 saturated carbocycles. The van der Waals surface area contributed by atoms with Crippen molar-refractivity contribution < 1.29 is 4.92 Å². The summed E-state index contributed by atoms with van der Waals surface area (Å²) >= 11 is 0. The summed E-state index contributed by atoms with van der Waals surface area (Å²) < 4.78 is 1.62. The molecule has 1 heterocycles. The number of nitrogens with two attached hydrogens (primary N) is 1. The van der Waals surface area contributed by atoms with Gasteiger partial charge in [-0.15, -0.1) is 0 Å². The van der Waals surface area contributed by atoms with Crippen molar-refractivity contribution in [2.45, 2.75) is 25.3 Å². The van der Waals surface area contributed by atoms with Crippen LogP contribution in [-0.4, -0.2) is 9.49 Å². The number of fused-ring (bicyclic) bond motifs is 1. The average Bonchev–Trinajstić information content (AvgIpc) is 2.33. The Hall–Kier alpha value is -2.31. The highest BCUT2D eigenvalue weighted by atomic mass is 16.6. The van der Waals surface area contributed by atoms with Crippen molar-refractivity contribution >= 4 is 0 Å². The molecule has 7 nitrogen and oxygen atoms in total. The number of pyridine rings is 1. The summed E-state index contributed by atoms with van der Waals surface area (Å²) in [4.78, 5) is 21.4. The summed E-state index contributed by atoms with van der Waals surface area (Å²) in [5.74, 6) is 0.0247. The van der Waals surface area contributed by atoms with Crippen LogP contribution in [0.5, 0.6) is 0 Å². The summed E-state index contributed by atoms with van der Waals surface area (Å²) in [6, 6.07) is 3.19. The lowest BCUT2D eigenvalue weighted by Gasteiger charge is -2.27. The standard InChI is InChI=1S/C12H16N4O3/c1-15-10-4-2-3-9(8(10)5-6-12(15)17)14-11(13)7-16(18)19/h5-7,9,14H,2-4,13H2,1H3/b11-7+. The van der Waals surface area contributed by atoms with Gasteiger partial charge in [-0.1, -0.05) is 0 Å². The molecule has 1 aliphatic rings. The predicted octanol–water partition coefficient (Wildman–Crippen LogP) is 0.387. The molecular formula is C12H16N4O3. The average molecular weight is 264 g/mol. The molecule has 0 bridgehead atoms. The minimum absolute atomic E-state index is 0.0247. The van der Waals surface area contributed by atoms with Crippen LogP contribution in [0.3, 0.4) is 0 Å². The molecule has 0 spiro atoms. The third-order valence-electron chi connectivity index (χ3n) is 3.34. The third-order valence-corrected chi connectivity index (χ3v) is 3.34. The van der Waals surface area contributed by atoms with Crippen molar-refractivity contribution in [3.63, 3.8) is 0 Å². The fourth-order valence-corrected chi connectivity index (χ4v) is 2.46. The van der Waals surface area contributed by atoms with Gasteiger partial charge in [-0.3, -0.25) is 14.9 Å². The van der Waals surface area contributed by atoms with Crippen LogP contribution < -0.4 is 16.6 Å². The zero-order valence-electron chi connectivity index (χ0n) is 10.6. The summed E-state index contributed by atoms with van der Waals surface area (Å²) in [6.45, 7) is 0. The van der Waals surface area contributed by atoms with Gasteiger partial charge in [0.2, 0.25) is 5.56 Å². The van der Waals surface area contributed by atoms with E-state index in [-0.39, 0.29) is 17.4 Å². The van der Waals surface area contributed by atoms with E-state index in [2.05, 4.69) is 5.32 Å². The topological polar surface area (TPSA) is 103 Å². The van der Waals surface area contributed by atoms with E-state index in [4.69, 9.17) is 5.73 Å². The first-order chi connectivity index (χ1) is 8.99. The van der Waals surface area contributed by atoms with Crippen molar-refractivity contribution in [3.05, 3.63) is 55.9 Å². The maximum absolute atomic E-state index is 11.6. The van der Waals surface area contributed by atoms with Crippen molar-refractivity contribution in [2.24, 2.45) is 12.8 Å². The van der Waals surface area contributed by atoms with Crippen molar-refractivity contribution in [3.8, 4) is 0 Å². The third kappa shape index (κ3) is 2.75. The predicted molar refractivity (Wildman–Crippen MR) is 69.8 cm³/mol. The molecule has 0 amide bonds. The van der Waals surface area contributed by atoms with Crippen LogP contribution in [0.4, 0.5) is 0 Å². The van der Waals surface area contributed by atoms with Gasteiger partial charge in [0.15, 0.2) is 5.82 Å². The molecule has 0 saturated heterocycles. The van der Waals surface area contributed by atoms with Crippen LogP contribution >= 0.6 is 0 Å². The van der Waals surface area contributed by atoms with Gasteiger partial charge >= 0.3 is 0 Å².